The zero-order chi connectivity index (χ0) is 17.6. The topological polar surface area (TPSA) is 72.6 Å². The highest BCUT2D eigenvalue weighted by molar-refractivity contribution is 6.02. The molecule has 0 aliphatic heterocycles. The average Bonchev–Trinajstić information content (AvgIpc) is 2.94. The van der Waals surface area contributed by atoms with Gasteiger partial charge in [-0.2, -0.15) is 0 Å². The third kappa shape index (κ3) is 2.24. The van der Waals surface area contributed by atoms with Crippen LogP contribution in [0.2, 0.25) is 0 Å². The molecule has 124 valence electrons. The lowest BCUT2D eigenvalue weighted by Crippen LogP contribution is -2.30. The zero-order valence-electron chi connectivity index (χ0n) is 14.2. The fourth-order valence-electron chi connectivity index (χ4n) is 3.34. The Balaban J connectivity index is 2.24. The van der Waals surface area contributed by atoms with Gasteiger partial charge in [-0.1, -0.05) is 60.7 Å². The van der Waals surface area contributed by atoms with Crippen LogP contribution < -0.4 is 11.3 Å². The number of nitrogen functional groups attached to an aromatic ring is 1. The third-order valence-electron chi connectivity index (χ3n) is 4.57. The fourth-order valence-corrected chi connectivity index (χ4v) is 3.34. The molecule has 2 aromatic carbocycles. The Hall–Kier alpha value is -3.34. The number of hydrogen-bond acceptors (Lipinski definition) is 3. The smallest absolute Gasteiger partial charge is 0.157 e. The van der Waals surface area contributed by atoms with Gasteiger partial charge in [-0.25, -0.2) is 9.66 Å². The number of nitrogens with one attached hydrogen (secondary N) is 1. The molecule has 0 atom stereocenters. The molecule has 2 aromatic heterocycles. The van der Waals surface area contributed by atoms with Gasteiger partial charge in [0.2, 0.25) is 0 Å². The second kappa shape index (κ2) is 5.63. The molecule has 0 amide bonds. The Morgan fingerprint density at radius 2 is 1.48 bits per heavy atom. The number of benzene rings is 2. The highest BCUT2D eigenvalue weighted by Crippen LogP contribution is 2.38. The van der Waals surface area contributed by atoms with Crippen LogP contribution in [0.15, 0.2) is 60.7 Å². The van der Waals surface area contributed by atoms with Crippen LogP contribution in [0, 0.1) is 12.3 Å². The van der Waals surface area contributed by atoms with E-state index >= 15 is 0 Å². The first-order valence-electron chi connectivity index (χ1n) is 8.12. The first-order chi connectivity index (χ1) is 12.1. The maximum Gasteiger partial charge on any atom is 0.157 e. The summed E-state index contributed by atoms with van der Waals surface area (Å²) in [4.78, 5) is 4.65. The van der Waals surface area contributed by atoms with E-state index in [1.165, 1.54) is 4.68 Å². The van der Waals surface area contributed by atoms with Gasteiger partial charge in [-0.05, 0) is 18.1 Å². The van der Waals surface area contributed by atoms with Gasteiger partial charge < -0.3 is 10.4 Å². The third-order valence-corrected chi connectivity index (χ3v) is 4.57. The molecular formula is C20H19N5. The van der Waals surface area contributed by atoms with E-state index in [2.05, 4.69) is 33.8 Å². The maximum atomic E-state index is 8.58. The first-order valence-corrected chi connectivity index (χ1v) is 8.12. The van der Waals surface area contributed by atoms with E-state index in [0.29, 0.717) is 5.82 Å². The van der Waals surface area contributed by atoms with Crippen LogP contribution in [0.5, 0.6) is 0 Å². The van der Waals surface area contributed by atoms with E-state index in [1.54, 1.807) is 0 Å². The Morgan fingerprint density at radius 1 is 0.920 bits per heavy atom. The van der Waals surface area contributed by atoms with Crippen molar-refractivity contribution in [1.82, 2.24) is 14.2 Å². The number of nitrogens with zero attached hydrogens (tertiary/aromatic N) is 3. The van der Waals surface area contributed by atoms with Crippen LogP contribution in [-0.2, 0) is 7.05 Å². The standard InChI is InChI=1S/C20H19N5/c1-13-23-20-17(19(21)25(13)22)16(14-9-5-3-6-10-14)18(24(20)2)15-11-7-4-8-12-15/h3-12,21H,22H2,1-2H3. The van der Waals surface area contributed by atoms with Gasteiger partial charge in [0.05, 0.1) is 11.1 Å². The Bertz CT molecular complexity index is 1120. The minimum absolute atomic E-state index is 0.263. The molecule has 0 saturated heterocycles. The lowest BCUT2D eigenvalue weighted by molar-refractivity contribution is 0.806. The summed E-state index contributed by atoms with van der Waals surface area (Å²) in [6.07, 6.45) is 0. The maximum absolute atomic E-state index is 8.58. The van der Waals surface area contributed by atoms with Crippen LogP contribution in [0.4, 0.5) is 0 Å². The van der Waals surface area contributed by atoms with Crippen LogP contribution >= 0.6 is 0 Å². The van der Waals surface area contributed by atoms with Crippen LogP contribution in [0.25, 0.3) is 33.4 Å². The predicted molar refractivity (Wildman–Crippen MR) is 100 cm³/mol. The van der Waals surface area contributed by atoms with Crippen molar-refractivity contribution in [2.75, 3.05) is 5.84 Å². The van der Waals surface area contributed by atoms with Gasteiger partial charge in [0.25, 0.3) is 0 Å². The molecule has 4 aromatic rings. The molecule has 5 heteroatoms. The summed E-state index contributed by atoms with van der Waals surface area (Å²) in [5.41, 5.74) is 5.18. The van der Waals surface area contributed by atoms with Crippen molar-refractivity contribution in [2.24, 2.45) is 7.05 Å². The number of aromatic nitrogens is 3. The molecule has 25 heavy (non-hydrogen) atoms. The van der Waals surface area contributed by atoms with E-state index < -0.39 is 0 Å². The quantitative estimate of drug-likeness (QED) is 0.554. The minimum atomic E-state index is 0.263. The number of aryl methyl sites for hydroxylation is 2. The fraction of sp³-hybridized carbons (Fsp3) is 0.100. The molecule has 0 aliphatic rings. The summed E-state index contributed by atoms with van der Waals surface area (Å²) in [7, 11) is 1.99. The van der Waals surface area contributed by atoms with Crippen LogP contribution in [0.3, 0.4) is 0 Å². The summed E-state index contributed by atoms with van der Waals surface area (Å²) >= 11 is 0. The van der Waals surface area contributed by atoms with E-state index in [0.717, 1.165) is 33.4 Å². The van der Waals surface area contributed by atoms with Crippen molar-refractivity contribution in [3.63, 3.8) is 0 Å². The molecule has 4 rings (SSSR count). The normalized spacial score (nSPS) is 11.1. The Labute approximate surface area is 145 Å². The minimum Gasteiger partial charge on any atom is -0.336 e. The first kappa shape index (κ1) is 15.2. The van der Waals surface area contributed by atoms with Crippen molar-refractivity contribution in [1.29, 1.82) is 5.41 Å². The summed E-state index contributed by atoms with van der Waals surface area (Å²) < 4.78 is 3.39. The van der Waals surface area contributed by atoms with Crippen molar-refractivity contribution in [2.45, 2.75) is 6.92 Å². The number of rotatable bonds is 2. The highest BCUT2D eigenvalue weighted by Gasteiger charge is 2.21. The molecule has 0 fully saturated rings. The van der Waals surface area contributed by atoms with Crippen LogP contribution in [0.1, 0.15) is 5.82 Å². The summed E-state index contributed by atoms with van der Waals surface area (Å²) in [6.45, 7) is 1.81. The second-order valence-corrected chi connectivity index (χ2v) is 6.09. The lowest BCUT2D eigenvalue weighted by atomic mass is 9.99. The SMILES string of the molecule is Cc1nc2c(c(-c3ccccc3)c(-c3ccccc3)n2C)c(=N)n1N. The zero-order valence-corrected chi connectivity index (χ0v) is 14.2. The largest absolute Gasteiger partial charge is 0.336 e. The summed E-state index contributed by atoms with van der Waals surface area (Å²) in [5, 5.41) is 9.34. The molecule has 2 heterocycles. The van der Waals surface area contributed by atoms with E-state index in [-0.39, 0.29) is 5.49 Å². The van der Waals surface area contributed by atoms with E-state index in [4.69, 9.17) is 11.3 Å². The summed E-state index contributed by atoms with van der Waals surface area (Å²) in [5.74, 6) is 6.66. The Kier molecular flexibility index (Phi) is 3.42. The molecular weight excluding hydrogens is 310 g/mol. The van der Waals surface area contributed by atoms with Gasteiger partial charge in [-0.15, -0.1) is 0 Å². The Morgan fingerprint density at radius 3 is 2.08 bits per heavy atom. The van der Waals surface area contributed by atoms with Gasteiger partial charge in [0, 0.05) is 12.6 Å². The number of hydrogen-bond donors (Lipinski definition) is 2. The van der Waals surface area contributed by atoms with Crippen LogP contribution in [-0.4, -0.2) is 14.2 Å². The van der Waals surface area contributed by atoms with Crippen molar-refractivity contribution >= 4 is 11.0 Å². The lowest BCUT2D eigenvalue weighted by Gasteiger charge is -2.08. The van der Waals surface area contributed by atoms with Gasteiger partial charge >= 0.3 is 0 Å². The number of nitrogens with two attached hydrogens (primary N) is 1. The highest BCUT2D eigenvalue weighted by atomic mass is 15.3. The van der Waals surface area contributed by atoms with E-state index in [1.807, 2.05) is 50.4 Å². The molecule has 0 aliphatic carbocycles. The molecule has 0 saturated carbocycles. The molecule has 3 N–H and O–H groups in total. The van der Waals surface area contributed by atoms with Gasteiger partial charge in [0.15, 0.2) is 5.49 Å². The molecule has 0 spiro atoms. The number of fused-ring (bicyclic) bond motifs is 1. The second-order valence-electron chi connectivity index (χ2n) is 6.09. The van der Waals surface area contributed by atoms with Gasteiger partial charge in [-0.3, -0.25) is 5.41 Å². The van der Waals surface area contributed by atoms with Gasteiger partial charge in [0.1, 0.15) is 11.5 Å². The molecule has 0 radical (unpaired) electrons. The predicted octanol–water partition coefficient (Wildman–Crippen LogP) is 3.21. The monoisotopic (exact) mass is 329 g/mol. The van der Waals surface area contributed by atoms with E-state index in [9.17, 15) is 0 Å². The molecule has 5 nitrogen and oxygen atoms in total. The average molecular weight is 329 g/mol. The van der Waals surface area contributed by atoms with Crippen molar-refractivity contribution in [3.05, 3.63) is 72.0 Å². The molecule has 0 unspecified atom stereocenters. The van der Waals surface area contributed by atoms with Crippen molar-refractivity contribution in [3.8, 4) is 22.4 Å². The van der Waals surface area contributed by atoms with Crippen molar-refractivity contribution < 1.29 is 0 Å². The summed E-state index contributed by atoms with van der Waals surface area (Å²) in [6, 6.07) is 20.3. The molecule has 0 bridgehead atoms.